The van der Waals surface area contributed by atoms with Crippen molar-refractivity contribution in [3.8, 4) is 0 Å². The van der Waals surface area contributed by atoms with Crippen LogP contribution in [0, 0.1) is 0 Å². The average molecular weight is 299 g/mol. The Morgan fingerprint density at radius 3 is 2.19 bits per heavy atom. The SMILES string of the molecule is CC(C)NC(C)(CN1CCN(CCN(C)C)CC1)C(N)=O. The van der Waals surface area contributed by atoms with Crippen molar-refractivity contribution < 1.29 is 4.79 Å². The Hall–Kier alpha value is -0.690. The van der Waals surface area contributed by atoms with Gasteiger partial charge in [-0.1, -0.05) is 0 Å². The molecule has 1 amide bonds. The highest BCUT2D eigenvalue weighted by Crippen LogP contribution is 2.11. The van der Waals surface area contributed by atoms with E-state index in [0.29, 0.717) is 6.54 Å². The summed E-state index contributed by atoms with van der Waals surface area (Å²) in [5.74, 6) is -0.272. The van der Waals surface area contributed by atoms with Gasteiger partial charge in [-0.15, -0.1) is 0 Å². The molecule has 1 heterocycles. The molecule has 0 aromatic rings. The van der Waals surface area contributed by atoms with Crippen LogP contribution in [0.1, 0.15) is 20.8 Å². The number of rotatable bonds is 8. The lowest BCUT2D eigenvalue weighted by molar-refractivity contribution is -0.125. The van der Waals surface area contributed by atoms with Crippen LogP contribution in [0.25, 0.3) is 0 Å². The third-order valence-electron chi connectivity index (χ3n) is 4.02. The van der Waals surface area contributed by atoms with Gasteiger partial charge in [-0.2, -0.15) is 0 Å². The predicted octanol–water partition coefficient (Wildman–Crippen LogP) is -0.592. The molecule has 0 bridgehead atoms. The molecule has 1 saturated heterocycles. The van der Waals surface area contributed by atoms with Crippen molar-refractivity contribution >= 4 is 5.91 Å². The molecule has 0 aliphatic carbocycles. The molecular weight excluding hydrogens is 266 g/mol. The summed E-state index contributed by atoms with van der Waals surface area (Å²) in [5.41, 5.74) is 4.95. The number of primary amides is 1. The molecule has 0 radical (unpaired) electrons. The molecule has 0 spiro atoms. The van der Waals surface area contributed by atoms with Crippen molar-refractivity contribution in [2.24, 2.45) is 5.73 Å². The van der Waals surface area contributed by atoms with Crippen molar-refractivity contribution in [2.75, 3.05) is 59.9 Å². The highest BCUT2D eigenvalue weighted by atomic mass is 16.1. The lowest BCUT2D eigenvalue weighted by Gasteiger charge is -2.40. The molecule has 6 heteroatoms. The molecule has 3 N–H and O–H groups in total. The quantitative estimate of drug-likeness (QED) is 0.627. The number of nitrogens with one attached hydrogen (secondary N) is 1. The number of hydrogen-bond acceptors (Lipinski definition) is 5. The zero-order valence-electron chi connectivity index (χ0n) is 14.4. The first-order valence-electron chi connectivity index (χ1n) is 7.90. The summed E-state index contributed by atoms with van der Waals surface area (Å²) in [6, 6.07) is 0.240. The first kappa shape index (κ1) is 18.4. The van der Waals surface area contributed by atoms with Crippen LogP contribution in [-0.2, 0) is 4.79 Å². The summed E-state index contributed by atoms with van der Waals surface area (Å²) in [6.45, 7) is 13.0. The van der Waals surface area contributed by atoms with Gasteiger partial charge in [-0.05, 0) is 34.9 Å². The van der Waals surface area contributed by atoms with E-state index < -0.39 is 5.54 Å². The van der Waals surface area contributed by atoms with Crippen LogP contribution in [0.5, 0.6) is 0 Å². The Morgan fingerprint density at radius 2 is 1.76 bits per heavy atom. The van der Waals surface area contributed by atoms with Gasteiger partial charge in [-0.25, -0.2) is 0 Å². The van der Waals surface area contributed by atoms with Gasteiger partial charge in [0.15, 0.2) is 0 Å². The fourth-order valence-electron chi connectivity index (χ4n) is 2.79. The van der Waals surface area contributed by atoms with Gasteiger partial charge in [0, 0.05) is 51.9 Å². The van der Waals surface area contributed by atoms with Crippen LogP contribution >= 0.6 is 0 Å². The normalized spacial score (nSPS) is 20.9. The van der Waals surface area contributed by atoms with Crippen LogP contribution in [0.2, 0.25) is 0 Å². The monoisotopic (exact) mass is 299 g/mol. The average Bonchev–Trinajstić information content (AvgIpc) is 2.36. The summed E-state index contributed by atoms with van der Waals surface area (Å²) < 4.78 is 0. The molecule has 0 aromatic heterocycles. The predicted molar refractivity (Wildman–Crippen MR) is 87.3 cm³/mol. The molecule has 1 unspecified atom stereocenters. The summed E-state index contributed by atoms with van der Waals surface area (Å²) in [4.78, 5) is 18.8. The molecule has 1 aliphatic heterocycles. The Kier molecular flexibility index (Phi) is 7.06. The summed E-state index contributed by atoms with van der Waals surface area (Å²) in [7, 11) is 4.21. The zero-order valence-corrected chi connectivity index (χ0v) is 14.4. The van der Waals surface area contributed by atoms with E-state index in [1.165, 1.54) is 0 Å². The number of carbonyl (C=O) groups excluding carboxylic acids is 1. The number of likely N-dealkylation sites (N-methyl/N-ethyl adjacent to an activating group) is 1. The van der Waals surface area contributed by atoms with Gasteiger partial charge < -0.3 is 16.0 Å². The van der Waals surface area contributed by atoms with Gasteiger partial charge in [-0.3, -0.25) is 14.6 Å². The first-order chi connectivity index (χ1) is 9.73. The van der Waals surface area contributed by atoms with E-state index in [-0.39, 0.29) is 11.9 Å². The van der Waals surface area contributed by atoms with Crippen LogP contribution < -0.4 is 11.1 Å². The number of piperazine rings is 1. The van der Waals surface area contributed by atoms with E-state index in [2.05, 4.69) is 34.1 Å². The molecule has 0 saturated carbocycles. The van der Waals surface area contributed by atoms with Crippen LogP contribution in [0.4, 0.5) is 0 Å². The van der Waals surface area contributed by atoms with E-state index in [1.54, 1.807) is 0 Å². The summed E-state index contributed by atoms with van der Waals surface area (Å²) in [6.07, 6.45) is 0. The van der Waals surface area contributed by atoms with Gasteiger partial charge in [0.25, 0.3) is 0 Å². The minimum absolute atomic E-state index is 0.240. The lowest BCUT2D eigenvalue weighted by Crippen LogP contribution is -2.63. The molecular formula is C15H33N5O. The third-order valence-corrected chi connectivity index (χ3v) is 4.02. The Balaban J connectivity index is 2.44. The van der Waals surface area contributed by atoms with Crippen LogP contribution in [0.3, 0.4) is 0 Å². The van der Waals surface area contributed by atoms with Crippen molar-refractivity contribution in [2.45, 2.75) is 32.4 Å². The number of nitrogens with two attached hydrogens (primary N) is 1. The fourth-order valence-corrected chi connectivity index (χ4v) is 2.79. The van der Waals surface area contributed by atoms with Gasteiger partial charge in [0.05, 0.1) is 0 Å². The Bertz CT molecular complexity index is 326. The molecule has 1 fully saturated rings. The molecule has 124 valence electrons. The topological polar surface area (TPSA) is 64.8 Å². The molecule has 1 atom stereocenters. The maximum Gasteiger partial charge on any atom is 0.238 e. The van der Waals surface area contributed by atoms with Gasteiger partial charge in [0.2, 0.25) is 5.91 Å². The van der Waals surface area contributed by atoms with Crippen LogP contribution in [0.15, 0.2) is 0 Å². The number of nitrogens with zero attached hydrogens (tertiary/aromatic N) is 3. The smallest absolute Gasteiger partial charge is 0.238 e. The van der Waals surface area contributed by atoms with Crippen molar-refractivity contribution in [1.82, 2.24) is 20.0 Å². The van der Waals surface area contributed by atoms with Crippen molar-refractivity contribution in [1.29, 1.82) is 0 Å². The van der Waals surface area contributed by atoms with E-state index in [9.17, 15) is 4.79 Å². The molecule has 1 rings (SSSR count). The molecule has 21 heavy (non-hydrogen) atoms. The standard InChI is InChI=1S/C15H33N5O/c1-13(2)17-15(3,14(16)21)12-20-10-8-19(9-11-20)7-6-18(4)5/h13,17H,6-12H2,1-5H3,(H2,16,21). The van der Waals surface area contributed by atoms with Crippen molar-refractivity contribution in [3.05, 3.63) is 0 Å². The minimum atomic E-state index is -0.653. The van der Waals surface area contributed by atoms with Crippen LogP contribution in [-0.4, -0.2) is 92.1 Å². The van der Waals surface area contributed by atoms with Crippen molar-refractivity contribution in [3.63, 3.8) is 0 Å². The Labute approximate surface area is 129 Å². The molecule has 6 nitrogen and oxygen atoms in total. The second-order valence-corrected chi connectivity index (χ2v) is 6.92. The maximum absolute atomic E-state index is 11.8. The largest absolute Gasteiger partial charge is 0.368 e. The number of amides is 1. The zero-order chi connectivity index (χ0) is 16.0. The number of carbonyl (C=O) groups is 1. The highest BCUT2D eigenvalue weighted by Gasteiger charge is 2.34. The minimum Gasteiger partial charge on any atom is -0.368 e. The summed E-state index contributed by atoms with van der Waals surface area (Å²) >= 11 is 0. The third kappa shape index (κ3) is 6.30. The lowest BCUT2D eigenvalue weighted by atomic mass is 9.99. The summed E-state index contributed by atoms with van der Waals surface area (Å²) in [5, 5.41) is 3.32. The fraction of sp³-hybridized carbons (Fsp3) is 0.933. The molecule has 1 aliphatic rings. The highest BCUT2D eigenvalue weighted by molar-refractivity contribution is 5.84. The van der Waals surface area contributed by atoms with Gasteiger partial charge in [0.1, 0.15) is 5.54 Å². The van der Waals surface area contributed by atoms with E-state index in [0.717, 1.165) is 39.3 Å². The second kappa shape index (κ2) is 8.08. The number of hydrogen-bond donors (Lipinski definition) is 2. The van der Waals surface area contributed by atoms with E-state index >= 15 is 0 Å². The van der Waals surface area contributed by atoms with Gasteiger partial charge >= 0.3 is 0 Å². The maximum atomic E-state index is 11.8. The van der Waals surface area contributed by atoms with E-state index in [1.807, 2.05) is 20.8 Å². The first-order valence-corrected chi connectivity index (χ1v) is 7.90. The molecule has 0 aromatic carbocycles. The second-order valence-electron chi connectivity index (χ2n) is 6.92. The van der Waals surface area contributed by atoms with E-state index in [4.69, 9.17) is 5.73 Å². The Morgan fingerprint density at radius 1 is 1.24 bits per heavy atom.